The zero-order valence-electron chi connectivity index (χ0n) is 18.2. The van der Waals surface area contributed by atoms with Crippen LogP contribution in [-0.2, 0) is 16.0 Å². The van der Waals surface area contributed by atoms with Crippen LogP contribution in [0.25, 0.3) is 0 Å². The van der Waals surface area contributed by atoms with E-state index in [1.165, 1.54) is 24.4 Å². The molecule has 1 heterocycles. The molecule has 1 unspecified atom stereocenters. The van der Waals surface area contributed by atoms with Gasteiger partial charge in [0.05, 0.1) is 12.7 Å². The van der Waals surface area contributed by atoms with Crippen molar-refractivity contribution in [3.63, 3.8) is 0 Å². The average molecular weight is 441 g/mol. The van der Waals surface area contributed by atoms with Crippen molar-refractivity contribution in [2.24, 2.45) is 0 Å². The highest BCUT2D eigenvalue weighted by Crippen LogP contribution is 2.28. The standard InChI is InChI=1S/C24H28N2O4S/c1-4-18-9-11-19(12-10-18)22(27)25-13-15-26(16-14-25)23(28)20-7-5-6-8-21(20)31-17(2)24(29)30-3/h5-12,17H,4,13-16H2,1-3H3. The summed E-state index contributed by atoms with van der Waals surface area (Å²) in [6.45, 7) is 5.78. The van der Waals surface area contributed by atoms with E-state index in [9.17, 15) is 14.4 Å². The summed E-state index contributed by atoms with van der Waals surface area (Å²) >= 11 is 1.31. The molecule has 3 rings (SSSR count). The molecule has 0 radical (unpaired) electrons. The lowest BCUT2D eigenvalue weighted by molar-refractivity contribution is -0.139. The first-order chi connectivity index (χ1) is 14.9. The highest BCUT2D eigenvalue weighted by molar-refractivity contribution is 8.00. The maximum absolute atomic E-state index is 13.2. The van der Waals surface area contributed by atoms with Gasteiger partial charge in [-0.05, 0) is 43.2 Å². The second-order valence-corrected chi connectivity index (χ2v) is 8.80. The molecule has 2 aromatic carbocycles. The number of amides is 2. The van der Waals surface area contributed by atoms with Gasteiger partial charge in [0, 0.05) is 36.6 Å². The van der Waals surface area contributed by atoms with E-state index in [0.717, 1.165) is 11.3 Å². The minimum absolute atomic E-state index is 0.00221. The molecular weight excluding hydrogens is 412 g/mol. The Kier molecular flexibility index (Phi) is 7.74. The van der Waals surface area contributed by atoms with Crippen LogP contribution in [0.4, 0.5) is 0 Å². The minimum Gasteiger partial charge on any atom is -0.468 e. The van der Waals surface area contributed by atoms with Gasteiger partial charge in [0.2, 0.25) is 0 Å². The molecule has 1 atom stereocenters. The monoisotopic (exact) mass is 440 g/mol. The minimum atomic E-state index is -0.410. The van der Waals surface area contributed by atoms with Crippen molar-refractivity contribution in [1.82, 2.24) is 9.80 Å². The molecule has 2 amide bonds. The lowest BCUT2D eigenvalue weighted by Crippen LogP contribution is -2.50. The fourth-order valence-electron chi connectivity index (χ4n) is 3.50. The predicted octanol–water partition coefficient (Wildman–Crippen LogP) is 3.50. The largest absolute Gasteiger partial charge is 0.468 e. The summed E-state index contributed by atoms with van der Waals surface area (Å²) in [5, 5.41) is -0.410. The number of hydrogen-bond donors (Lipinski definition) is 0. The molecule has 0 saturated carbocycles. The maximum atomic E-state index is 13.2. The maximum Gasteiger partial charge on any atom is 0.318 e. The number of thioether (sulfide) groups is 1. The molecule has 0 aliphatic carbocycles. The molecule has 1 saturated heterocycles. The molecule has 31 heavy (non-hydrogen) atoms. The molecule has 1 fully saturated rings. The van der Waals surface area contributed by atoms with E-state index >= 15 is 0 Å². The Morgan fingerprint density at radius 1 is 0.935 bits per heavy atom. The first-order valence-corrected chi connectivity index (χ1v) is 11.3. The summed E-state index contributed by atoms with van der Waals surface area (Å²) in [6.07, 6.45) is 0.938. The highest BCUT2D eigenvalue weighted by Gasteiger charge is 2.27. The molecule has 1 aliphatic heterocycles. The SMILES string of the molecule is CCc1ccc(C(=O)N2CCN(C(=O)c3ccccc3SC(C)C(=O)OC)CC2)cc1. The van der Waals surface area contributed by atoms with Crippen molar-refractivity contribution in [3.8, 4) is 0 Å². The third-order valence-corrected chi connectivity index (χ3v) is 6.57. The van der Waals surface area contributed by atoms with E-state index in [2.05, 4.69) is 6.92 Å². The van der Waals surface area contributed by atoms with Crippen LogP contribution in [0.15, 0.2) is 53.4 Å². The van der Waals surface area contributed by atoms with E-state index in [0.29, 0.717) is 37.3 Å². The number of methoxy groups -OCH3 is 1. The Bertz CT molecular complexity index is 937. The Morgan fingerprint density at radius 2 is 1.52 bits per heavy atom. The summed E-state index contributed by atoms with van der Waals surface area (Å²) in [4.78, 5) is 42.0. The van der Waals surface area contributed by atoms with Crippen LogP contribution in [0.1, 0.15) is 40.1 Å². The zero-order chi connectivity index (χ0) is 22.4. The van der Waals surface area contributed by atoms with Crippen LogP contribution in [0.5, 0.6) is 0 Å². The summed E-state index contributed by atoms with van der Waals surface area (Å²) in [6, 6.07) is 15.0. The van der Waals surface area contributed by atoms with Gasteiger partial charge in [0.25, 0.3) is 11.8 Å². The van der Waals surface area contributed by atoms with Crippen LogP contribution in [0.2, 0.25) is 0 Å². The van der Waals surface area contributed by atoms with Gasteiger partial charge in [0.15, 0.2) is 0 Å². The third-order valence-electron chi connectivity index (χ3n) is 5.42. The van der Waals surface area contributed by atoms with E-state index < -0.39 is 5.25 Å². The van der Waals surface area contributed by atoms with Crippen LogP contribution >= 0.6 is 11.8 Å². The van der Waals surface area contributed by atoms with Crippen LogP contribution in [-0.4, -0.2) is 66.1 Å². The molecule has 0 aromatic heterocycles. The van der Waals surface area contributed by atoms with Crippen LogP contribution in [0, 0.1) is 0 Å². The van der Waals surface area contributed by atoms with Crippen molar-refractivity contribution in [2.45, 2.75) is 30.4 Å². The number of nitrogens with zero attached hydrogens (tertiary/aromatic N) is 2. The normalized spacial score (nSPS) is 14.8. The van der Waals surface area contributed by atoms with Crippen LogP contribution < -0.4 is 0 Å². The summed E-state index contributed by atoms with van der Waals surface area (Å²) in [7, 11) is 1.36. The number of benzene rings is 2. The van der Waals surface area contributed by atoms with Crippen molar-refractivity contribution in [3.05, 3.63) is 65.2 Å². The predicted molar refractivity (Wildman–Crippen MR) is 121 cm³/mol. The number of carbonyl (C=O) groups is 3. The Labute approximate surface area is 187 Å². The van der Waals surface area contributed by atoms with E-state index in [4.69, 9.17) is 4.74 Å². The highest BCUT2D eigenvalue weighted by atomic mass is 32.2. The number of rotatable bonds is 6. The van der Waals surface area contributed by atoms with Gasteiger partial charge in [-0.2, -0.15) is 0 Å². The van der Waals surface area contributed by atoms with E-state index in [1.54, 1.807) is 22.8 Å². The topological polar surface area (TPSA) is 66.9 Å². The first kappa shape index (κ1) is 22.9. The second-order valence-electron chi connectivity index (χ2n) is 7.41. The van der Waals surface area contributed by atoms with Crippen molar-refractivity contribution >= 4 is 29.5 Å². The van der Waals surface area contributed by atoms with Gasteiger partial charge >= 0.3 is 5.97 Å². The average Bonchev–Trinajstić information content (AvgIpc) is 2.83. The lowest BCUT2D eigenvalue weighted by atomic mass is 10.1. The summed E-state index contributed by atoms with van der Waals surface area (Å²) < 4.78 is 4.79. The van der Waals surface area contributed by atoms with Crippen LogP contribution in [0.3, 0.4) is 0 Å². The Morgan fingerprint density at radius 3 is 2.10 bits per heavy atom. The number of hydrogen-bond acceptors (Lipinski definition) is 5. The van der Waals surface area contributed by atoms with Crippen molar-refractivity contribution in [2.75, 3.05) is 33.3 Å². The van der Waals surface area contributed by atoms with Gasteiger partial charge in [-0.3, -0.25) is 14.4 Å². The number of ether oxygens (including phenoxy) is 1. The molecule has 2 aromatic rings. The molecule has 0 spiro atoms. The second kappa shape index (κ2) is 10.5. The third kappa shape index (κ3) is 5.47. The van der Waals surface area contributed by atoms with Gasteiger partial charge in [0.1, 0.15) is 5.25 Å². The van der Waals surface area contributed by atoms with E-state index in [1.807, 2.05) is 42.5 Å². The molecule has 7 heteroatoms. The quantitative estimate of drug-likeness (QED) is 0.508. The van der Waals surface area contributed by atoms with Gasteiger partial charge in [-0.15, -0.1) is 11.8 Å². The summed E-state index contributed by atoms with van der Waals surface area (Å²) in [5.41, 5.74) is 2.44. The molecule has 1 aliphatic rings. The molecule has 164 valence electrons. The molecule has 0 bridgehead atoms. The smallest absolute Gasteiger partial charge is 0.318 e. The van der Waals surface area contributed by atoms with Gasteiger partial charge < -0.3 is 14.5 Å². The Hall–Kier alpha value is -2.80. The fourth-order valence-corrected chi connectivity index (χ4v) is 4.51. The number of aryl methyl sites for hydroxylation is 1. The number of carbonyl (C=O) groups excluding carboxylic acids is 3. The molecular formula is C24H28N2O4S. The lowest BCUT2D eigenvalue weighted by Gasteiger charge is -2.35. The van der Waals surface area contributed by atoms with Gasteiger partial charge in [-0.1, -0.05) is 31.2 Å². The Balaban J connectivity index is 1.64. The van der Waals surface area contributed by atoms with Crippen molar-refractivity contribution in [1.29, 1.82) is 0 Å². The number of piperazine rings is 1. The molecule has 0 N–H and O–H groups in total. The van der Waals surface area contributed by atoms with E-state index in [-0.39, 0.29) is 17.8 Å². The summed E-state index contributed by atoms with van der Waals surface area (Å²) in [5.74, 6) is -0.413. The fraction of sp³-hybridized carbons (Fsp3) is 0.375. The van der Waals surface area contributed by atoms with Gasteiger partial charge in [-0.25, -0.2) is 0 Å². The molecule has 6 nitrogen and oxygen atoms in total. The van der Waals surface area contributed by atoms with Crippen molar-refractivity contribution < 1.29 is 19.1 Å². The first-order valence-electron chi connectivity index (χ1n) is 10.5. The number of esters is 1. The zero-order valence-corrected chi connectivity index (χ0v) is 19.0.